The van der Waals surface area contributed by atoms with Gasteiger partial charge in [0.2, 0.25) is 5.91 Å². The van der Waals surface area contributed by atoms with Crippen molar-refractivity contribution < 1.29 is 19.1 Å². The summed E-state index contributed by atoms with van der Waals surface area (Å²) in [4.78, 5) is 32.3. The summed E-state index contributed by atoms with van der Waals surface area (Å²) < 4.78 is 10.3. The number of aryl methyl sites for hydroxylation is 1. The summed E-state index contributed by atoms with van der Waals surface area (Å²) in [5.41, 5.74) is 1.92. The lowest BCUT2D eigenvalue weighted by atomic mass is 9.94. The van der Waals surface area contributed by atoms with Crippen LogP contribution in [0.2, 0.25) is 5.02 Å². The molecule has 1 fully saturated rings. The predicted molar refractivity (Wildman–Crippen MR) is 137 cm³/mol. The molecule has 2 aromatic carbocycles. The summed E-state index contributed by atoms with van der Waals surface area (Å²) in [6.07, 6.45) is 3.23. The highest BCUT2D eigenvalue weighted by Gasteiger charge is 2.53. The standard InChI is InChI=1S/C27H29ClN2O4S/c1-3-34-25(31)23-18-35-24(29-23)17-30(15-5-7-19-6-4-8-21(28)16-19)26(32)27(13-14-27)20-9-11-22(33-2)12-10-20/h4,6,8-12,16,18H,3,5,7,13-15,17H2,1-2H3. The Kier molecular flexibility index (Phi) is 8.08. The van der Waals surface area contributed by atoms with E-state index in [9.17, 15) is 9.59 Å². The monoisotopic (exact) mass is 512 g/mol. The van der Waals surface area contributed by atoms with Crippen LogP contribution in [-0.4, -0.2) is 42.0 Å². The van der Waals surface area contributed by atoms with E-state index >= 15 is 0 Å². The first-order valence-electron chi connectivity index (χ1n) is 11.7. The maximum atomic E-state index is 13.9. The average Bonchev–Trinajstić information content (AvgIpc) is 3.54. The first-order chi connectivity index (χ1) is 16.9. The molecule has 35 heavy (non-hydrogen) atoms. The number of carbonyl (C=O) groups excluding carboxylic acids is 2. The number of nitrogens with zero attached hydrogens (tertiary/aromatic N) is 2. The van der Waals surface area contributed by atoms with Gasteiger partial charge in [0, 0.05) is 16.9 Å². The number of carbonyl (C=O) groups is 2. The Labute approximate surface area is 214 Å². The van der Waals surface area contributed by atoms with E-state index in [0.29, 0.717) is 24.7 Å². The van der Waals surface area contributed by atoms with Crippen molar-refractivity contribution in [1.82, 2.24) is 9.88 Å². The molecule has 0 unspecified atom stereocenters. The normalized spacial score (nSPS) is 13.8. The van der Waals surface area contributed by atoms with Crippen LogP contribution in [-0.2, 0) is 27.9 Å². The van der Waals surface area contributed by atoms with Crippen molar-refractivity contribution in [3.05, 3.63) is 80.8 Å². The Bertz CT molecular complexity index is 1170. The summed E-state index contributed by atoms with van der Waals surface area (Å²) in [6, 6.07) is 15.6. The number of hydrogen-bond donors (Lipinski definition) is 0. The molecular formula is C27H29ClN2O4S. The summed E-state index contributed by atoms with van der Waals surface area (Å²) in [5, 5.41) is 3.12. The van der Waals surface area contributed by atoms with Crippen LogP contribution in [0, 0.1) is 0 Å². The van der Waals surface area contributed by atoms with Gasteiger partial charge in [0.15, 0.2) is 5.69 Å². The fourth-order valence-electron chi connectivity index (χ4n) is 4.23. The number of hydrogen-bond acceptors (Lipinski definition) is 6. The molecule has 0 radical (unpaired) electrons. The van der Waals surface area contributed by atoms with E-state index in [2.05, 4.69) is 4.98 Å². The molecule has 4 rings (SSSR count). The molecule has 1 aromatic heterocycles. The van der Waals surface area contributed by atoms with Gasteiger partial charge in [-0.15, -0.1) is 11.3 Å². The van der Waals surface area contributed by atoms with Crippen molar-refractivity contribution in [3.63, 3.8) is 0 Å². The van der Waals surface area contributed by atoms with Crippen molar-refractivity contribution in [2.45, 2.75) is 44.6 Å². The lowest BCUT2D eigenvalue weighted by Crippen LogP contribution is -2.39. The number of methoxy groups -OCH3 is 1. The fourth-order valence-corrected chi connectivity index (χ4v) is 5.22. The van der Waals surface area contributed by atoms with Gasteiger partial charge in [-0.05, 0) is 68.0 Å². The molecular weight excluding hydrogens is 484 g/mol. The third kappa shape index (κ3) is 6.03. The van der Waals surface area contributed by atoms with Crippen molar-refractivity contribution in [2.75, 3.05) is 20.3 Å². The average molecular weight is 513 g/mol. The molecule has 8 heteroatoms. The van der Waals surface area contributed by atoms with Gasteiger partial charge in [-0.3, -0.25) is 4.79 Å². The molecule has 0 bridgehead atoms. The SMILES string of the molecule is CCOC(=O)c1csc(CN(CCCc2cccc(Cl)c2)C(=O)C2(c3ccc(OC)cc3)CC2)n1. The molecule has 1 heterocycles. The highest BCUT2D eigenvalue weighted by Crippen LogP contribution is 2.50. The van der Waals surface area contributed by atoms with E-state index in [1.165, 1.54) is 11.3 Å². The third-order valence-corrected chi connectivity index (χ3v) is 7.30. The fraction of sp³-hybridized carbons (Fsp3) is 0.370. The van der Waals surface area contributed by atoms with Crippen LogP contribution in [0.25, 0.3) is 0 Å². The van der Waals surface area contributed by atoms with E-state index in [1.54, 1.807) is 19.4 Å². The number of aromatic nitrogens is 1. The zero-order chi connectivity index (χ0) is 24.8. The zero-order valence-corrected chi connectivity index (χ0v) is 21.5. The van der Waals surface area contributed by atoms with Crippen molar-refractivity contribution in [3.8, 4) is 5.75 Å². The van der Waals surface area contributed by atoms with Crippen LogP contribution in [0.1, 0.15) is 52.8 Å². The first-order valence-corrected chi connectivity index (χ1v) is 13.0. The van der Waals surface area contributed by atoms with E-state index in [4.69, 9.17) is 21.1 Å². The van der Waals surface area contributed by atoms with Crippen LogP contribution < -0.4 is 4.74 Å². The van der Waals surface area contributed by atoms with E-state index in [-0.39, 0.29) is 11.6 Å². The second-order valence-corrected chi connectivity index (χ2v) is 10.00. The van der Waals surface area contributed by atoms with Gasteiger partial charge in [0.1, 0.15) is 10.8 Å². The molecule has 0 N–H and O–H groups in total. The van der Waals surface area contributed by atoms with Gasteiger partial charge in [-0.1, -0.05) is 35.9 Å². The van der Waals surface area contributed by atoms with Gasteiger partial charge in [-0.2, -0.15) is 0 Å². The van der Waals surface area contributed by atoms with Crippen LogP contribution in [0.3, 0.4) is 0 Å². The number of amides is 1. The smallest absolute Gasteiger partial charge is 0.357 e. The van der Waals surface area contributed by atoms with Crippen molar-refractivity contribution in [1.29, 1.82) is 0 Å². The molecule has 1 aliphatic rings. The van der Waals surface area contributed by atoms with Crippen LogP contribution >= 0.6 is 22.9 Å². The number of benzene rings is 2. The molecule has 1 saturated carbocycles. The van der Waals surface area contributed by atoms with Crippen LogP contribution in [0.5, 0.6) is 5.75 Å². The Hall–Kier alpha value is -2.90. The van der Waals surface area contributed by atoms with Crippen molar-refractivity contribution >= 4 is 34.8 Å². The Morgan fingerprint density at radius 1 is 1.17 bits per heavy atom. The summed E-state index contributed by atoms with van der Waals surface area (Å²) >= 11 is 7.51. The Balaban J connectivity index is 1.52. The zero-order valence-electron chi connectivity index (χ0n) is 20.0. The van der Waals surface area contributed by atoms with Gasteiger partial charge < -0.3 is 14.4 Å². The summed E-state index contributed by atoms with van der Waals surface area (Å²) in [7, 11) is 1.63. The van der Waals surface area contributed by atoms with Crippen molar-refractivity contribution in [2.24, 2.45) is 0 Å². The number of esters is 1. The van der Waals surface area contributed by atoms with Crippen LogP contribution in [0.4, 0.5) is 0 Å². The Morgan fingerprint density at radius 3 is 2.60 bits per heavy atom. The highest BCUT2D eigenvalue weighted by atomic mass is 35.5. The minimum Gasteiger partial charge on any atom is -0.497 e. The number of halogens is 1. The third-order valence-electron chi connectivity index (χ3n) is 6.23. The molecule has 1 amide bonds. The lowest BCUT2D eigenvalue weighted by molar-refractivity contribution is -0.134. The second-order valence-electron chi connectivity index (χ2n) is 8.62. The number of thiazole rings is 1. The van der Waals surface area contributed by atoms with Gasteiger partial charge >= 0.3 is 5.97 Å². The Morgan fingerprint density at radius 2 is 1.94 bits per heavy atom. The molecule has 0 spiro atoms. The molecule has 3 aromatic rings. The van der Waals surface area contributed by atoms with Gasteiger partial charge in [0.25, 0.3) is 0 Å². The second kappa shape index (κ2) is 11.2. The van der Waals surface area contributed by atoms with E-state index < -0.39 is 11.4 Å². The summed E-state index contributed by atoms with van der Waals surface area (Å²) in [6.45, 7) is 3.00. The minimum absolute atomic E-state index is 0.0987. The molecule has 184 valence electrons. The maximum absolute atomic E-state index is 13.9. The predicted octanol–water partition coefficient (Wildman–Crippen LogP) is 5.68. The van der Waals surface area contributed by atoms with E-state index in [0.717, 1.165) is 47.6 Å². The molecule has 0 atom stereocenters. The minimum atomic E-state index is -0.510. The largest absolute Gasteiger partial charge is 0.497 e. The first kappa shape index (κ1) is 25.2. The molecule has 0 saturated heterocycles. The topological polar surface area (TPSA) is 68.7 Å². The van der Waals surface area contributed by atoms with Crippen LogP contribution in [0.15, 0.2) is 53.9 Å². The molecule has 0 aliphatic heterocycles. The highest BCUT2D eigenvalue weighted by molar-refractivity contribution is 7.09. The van der Waals surface area contributed by atoms with E-state index in [1.807, 2.05) is 53.4 Å². The summed E-state index contributed by atoms with van der Waals surface area (Å²) in [5.74, 6) is 0.428. The van der Waals surface area contributed by atoms with Gasteiger partial charge in [-0.25, -0.2) is 9.78 Å². The quantitative estimate of drug-likeness (QED) is 0.309. The lowest BCUT2D eigenvalue weighted by Gasteiger charge is -2.27. The molecule has 1 aliphatic carbocycles. The van der Waals surface area contributed by atoms with Gasteiger partial charge in [0.05, 0.1) is 25.7 Å². The molecule has 6 nitrogen and oxygen atoms in total. The number of rotatable bonds is 11. The number of ether oxygens (including phenoxy) is 2. The maximum Gasteiger partial charge on any atom is 0.357 e.